The van der Waals surface area contributed by atoms with Gasteiger partial charge in [0, 0.05) is 17.6 Å². The molecule has 0 spiro atoms. The van der Waals surface area contributed by atoms with E-state index in [4.69, 9.17) is 5.73 Å². The number of halogens is 2. The van der Waals surface area contributed by atoms with Gasteiger partial charge in [-0.3, -0.25) is 4.79 Å². The Morgan fingerprint density at radius 1 is 1.24 bits per heavy atom. The average molecular weight is 390 g/mol. The molecule has 2 aromatic rings. The molecule has 6 heteroatoms. The molecule has 0 aliphatic heterocycles. The highest BCUT2D eigenvalue weighted by molar-refractivity contribution is 9.10. The molecule has 0 fully saturated rings. The third-order valence-corrected chi connectivity index (χ3v) is 4.77. The average Bonchev–Trinajstić information content (AvgIpc) is 2.90. The van der Waals surface area contributed by atoms with Gasteiger partial charge >= 0.3 is 0 Å². The molecule has 3 nitrogen and oxygen atoms in total. The molecule has 2 rings (SSSR count). The van der Waals surface area contributed by atoms with E-state index in [1.54, 1.807) is 0 Å². The fourth-order valence-electron chi connectivity index (χ4n) is 1.93. The van der Waals surface area contributed by atoms with Crippen LogP contribution >= 0.6 is 39.7 Å². The standard InChI is InChI=1S/C15H17BrN2OS.ClH/c16-13-7-10-20-14(13)15(19)18(9-4-8-17)11-12-5-2-1-3-6-12;/h1-3,5-7,10H,4,8-9,11,17H2;1H. The molecule has 2 N–H and O–H groups in total. The Hall–Kier alpha value is -0.880. The van der Waals surface area contributed by atoms with Crippen molar-refractivity contribution in [2.24, 2.45) is 5.73 Å². The zero-order valence-electron chi connectivity index (χ0n) is 11.5. The monoisotopic (exact) mass is 388 g/mol. The number of benzene rings is 1. The van der Waals surface area contributed by atoms with Crippen LogP contribution in [0.5, 0.6) is 0 Å². The Kier molecular flexibility index (Phi) is 7.96. The Labute approximate surface area is 143 Å². The van der Waals surface area contributed by atoms with Crippen LogP contribution in [-0.4, -0.2) is 23.9 Å². The van der Waals surface area contributed by atoms with Gasteiger partial charge in [0.25, 0.3) is 5.91 Å². The van der Waals surface area contributed by atoms with E-state index in [1.807, 2.05) is 46.7 Å². The SMILES string of the molecule is Cl.NCCCN(Cc1ccccc1)C(=O)c1sccc1Br. The van der Waals surface area contributed by atoms with Gasteiger partial charge in [0.1, 0.15) is 4.88 Å². The molecule has 0 saturated heterocycles. The molecular formula is C15H18BrClN2OS. The van der Waals surface area contributed by atoms with Gasteiger partial charge in [0.15, 0.2) is 0 Å². The number of nitrogens with two attached hydrogens (primary N) is 1. The van der Waals surface area contributed by atoms with Crippen LogP contribution < -0.4 is 5.73 Å². The number of nitrogens with zero attached hydrogens (tertiary/aromatic N) is 1. The minimum Gasteiger partial charge on any atom is -0.334 e. The third-order valence-electron chi connectivity index (χ3n) is 2.95. The summed E-state index contributed by atoms with van der Waals surface area (Å²) in [6.45, 7) is 1.88. The van der Waals surface area contributed by atoms with Gasteiger partial charge in [0.05, 0.1) is 0 Å². The molecular weight excluding hydrogens is 372 g/mol. The molecule has 1 amide bonds. The first kappa shape index (κ1) is 18.2. The molecule has 0 saturated carbocycles. The van der Waals surface area contributed by atoms with Gasteiger partial charge in [-0.1, -0.05) is 30.3 Å². The number of carbonyl (C=O) groups is 1. The summed E-state index contributed by atoms with van der Waals surface area (Å²) in [6.07, 6.45) is 0.807. The number of carbonyl (C=O) groups excluding carboxylic acids is 1. The number of hydrogen-bond acceptors (Lipinski definition) is 3. The van der Waals surface area contributed by atoms with Gasteiger partial charge in [0.2, 0.25) is 0 Å². The molecule has 1 heterocycles. The maximum Gasteiger partial charge on any atom is 0.265 e. The summed E-state index contributed by atoms with van der Waals surface area (Å²) in [7, 11) is 0. The quantitative estimate of drug-likeness (QED) is 0.814. The molecule has 0 atom stereocenters. The van der Waals surface area contributed by atoms with Crippen LogP contribution in [0.1, 0.15) is 21.7 Å². The zero-order chi connectivity index (χ0) is 14.4. The van der Waals surface area contributed by atoms with E-state index in [2.05, 4.69) is 15.9 Å². The number of rotatable bonds is 6. The van der Waals surface area contributed by atoms with Crippen molar-refractivity contribution in [3.05, 3.63) is 56.7 Å². The maximum atomic E-state index is 12.6. The second-order valence-corrected chi connectivity index (χ2v) is 6.22. The van der Waals surface area contributed by atoms with E-state index >= 15 is 0 Å². The van der Waals surface area contributed by atoms with E-state index in [-0.39, 0.29) is 18.3 Å². The van der Waals surface area contributed by atoms with Crippen molar-refractivity contribution < 1.29 is 4.79 Å². The highest BCUT2D eigenvalue weighted by Gasteiger charge is 2.19. The summed E-state index contributed by atoms with van der Waals surface area (Å²) in [5.74, 6) is 0.0594. The van der Waals surface area contributed by atoms with Crippen molar-refractivity contribution in [3.8, 4) is 0 Å². The molecule has 21 heavy (non-hydrogen) atoms. The Balaban J connectivity index is 0.00000220. The van der Waals surface area contributed by atoms with Crippen LogP contribution in [0.3, 0.4) is 0 Å². The van der Waals surface area contributed by atoms with Gasteiger partial charge in [-0.15, -0.1) is 23.7 Å². The van der Waals surface area contributed by atoms with Gasteiger partial charge in [-0.2, -0.15) is 0 Å². The highest BCUT2D eigenvalue weighted by Crippen LogP contribution is 2.25. The lowest BCUT2D eigenvalue weighted by atomic mass is 10.2. The molecule has 0 radical (unpaired) electrons. The second kappa shape index (κ2) is 9.20. The smallest absolute Gasteiger partial charge is 0.265 e. The number of thiophene rings is 1. The van der Waals surface area contributed by atoms with E-state index in [0.717, 1.165) is 21.3 Å². The van der Waals surface area contributed by atoms with E-state index < -0.39 is 0 Å². The highest BCUT2D eigenvalue weighted by atomic mass is 79.9. The minimum atomic E-state index is 0. The molecule has 0 unspecified atom stereocenters. The van der Waals surface area contributed by atoms with Crippen LogP contribution in [0.25, 0.3) is 0 Å². The summed E-state index contributed by atoms with van der Waals surface area (Å²) in [6, 6.07) is 11.9. The van der Waals surface area contributed by atoms with Crippen molar-refractivity contribution in [2.45, 2.75) is 13.0 Å². The summed E-state index contributed by atoms with van der Waals surface area (Å²) >= 11 is 4.89. The van der Waals surface area contributed by atoms with Crippen molar-refractivity contribution in [1.29, 1.82) is 0 Å². The topological polar surface area (TPSA) is 46.3 Å². The van der Waals surface area contributed by atoms with Crippen molar-refractivity contribution in [1.82, 2.24) is 4.90 Å². The lowest BCUT2D eigenvalue weighted by molar-refractivity contribution is 0.0746. The van der Waals surface area contributed by atoms with Crippen LogP contribution in [0, 0.1) is 0 Å². The molecule has 0 aliphatic carbocycles. The van der Waals surface area contributed by atoms with E-state index in [1.165, 1.54) is 11.3 Å². The van der Waals surface area contributed by atoms with Crippen LogP contribution in [0.2, 0.25) is 0 Å². The fourth-order valence-corrected chi connectivity index (χ4v) is 3.44. The zero-order valence-corrected chi connectivity index (χ0v) is 14.7. The lowest BCUT2D eigenvalue weighted by Gasteiger charge is -2.22. The Bertz CT molecular complexity index is 562. The number of amides is 1. The maximum absolute atomic E-state index is 12.6. The largest absolute Gasteiger partial charge is 0.334 e. The normalized spacial score (nSPS) is 10.0. The molecule has 0 aliphatic rings. The summed E-state index contributed by atoms with van der Waals surface area (Å²) in [5.41, 5.74) is 6.70. The third kappa shape index (κ3) is 5.11. The van der Waals surface area contributed by atoms with Crippen LogP contribution in [0.4, 0.5) is 0 Å². The predicted octanol–water partition coefficient (Wildman–Crippen LogP) is 3.92. The predicted molar refractivity (Wildman–Crippen MR) is 94.1 cm³/mol. The summed E-state index contributed by atoms with van der Waals surface area (Å²) in [4.78, 5) is 15.2. The van der Waals surface area contributed by atoms with Crippen molar-refractivity contribution >= 4 is 45.6 Å². The van der Waals surface area contributed by atoms with Gasteiger partial charge < -0.3 is 10.6 Å². The van der Waals surface area contributed by atoms with Crippen molar-refractivity contribution in [2.75, 3.05) is 13.1 Å². The van der Waals surface area contributed by atoms with Crippen molar-refractivity contribution in [3.63, 3.8) is 0 Å². The minimum absolute atomic E-state index is 0. The first-order valence-corrected chi connectivity index (χ1v) is 8.16. The molecule has 114 valence electrons. The molecule has 0 bridgehead atoms. The summed E-state index contributed by atoms with van der Waals surface area (Å²) in [5, 5.41) is 1.92. The van der Waals surface area contributed by atoms with Crippen LogP contribution in [0.15, 0.2) is 46.3 Å². The van der Waals surface area contributed by atoms with Gasteiger partial charge in [-0.05, 0) is 45.9 Å². The first-order chi connectivity index (χ1) is 9.72. The molecule has 1 aromatic heterocycles. The van der Waals surface area contributed by atoms with Crippen LogP contribution in [-0.2, 0) is 6.54 Å². The number of hydrogen-bond donors (Lipinski definition) is 1. The second-order valence-electron chi connectivity index (χ2n) is 4.45. The Morgan fingerprint density at radius 3 is 2.52 bits per heavy atom. The Morgan fingerprint density at radius 2 is 1.95 bits per heavy atom. The van der Waals surface area contributed by atoms with Gasteiger partial charge in [-0.25, -0.2) is 0 Å². The fraction of sp³-hybridized carbons (Fsp3) is 0.267. The summed E-state index contributed by atoms with van der Waals surface area (Å²) < 4.78 is 0.860. The molecule has 1 aromatic carbocycles. The first-order valence-electron chi connectivity index (χ1n) is 6.48. The lowest BCUT2D eigenvalue weighted by Crippen LogP contribution is -2.32. The van der Waals surface area contributed by atoms with E-state index in [9.17, 15) is 4.79 Å². The van der Waals surface area contributed by atoms with E-state index in [0.29, 0.717) is 19.6 Å².